The van der Waals surface area contributed by atoms with Crippen LogP contribution in [0.5, 0.6) is 0 Å². The van der Waals surface area contributed by atoms with Crippen LogP contribution in [0.25, 0.3) is 0 Å². The van der Waals surface area contributed by atoms with Gasteiger partial charge < -0.3 is 5.32 Å². The van der Waals surface area contributed by atoms with Gasteiger partial charge in [0, 0.05) is 22.9 Å². The first kappa shape index (κ1) is 16.4. The minimum Gasteiger partial charge on any atom is -0.353 e. The van der Waals surface area contributed by atoms with Crippen LogP contribution in [0.3, 0.4) is 0 Å². The van der Waals surface area contributed by atoms with Gasteiger partial charge in [-0.25, -0.2) is 0 Å². The summed E-state index contributed by atoms with van der Waals surface area (Å²) < 4.78 is 13.8. The van der Waals surface area contributed by atoms with Crippen molar-refractivity contribution in [2.24, 2.45) is 0 Å². The Balaban J connectivity index is 1.85. The highest BCUT2D eigenvalue weighted by Gasteiger charge is 2.17. The molecule has 0 saturated carbocycles. The first-order valence-electron chi connectivity index (χ1n) is 7.23. The average Bonchev–Trinajstić information content (AvgIpc) is 2.85. The third-order valence-corrected chi connectivity index (χ3v) is 4.76. The van der Waals surface area contributed by atoms with Crippen molar-refractivity contribution in [1.29, 1.82) is 0 Å². The molecule has 0 aliphatic rings. The van der Waals surface area contributed by atoms with Crippen molar-refractivity contribution < 1.29 is 9.00 Å². The van der Waals surface area contributed by atoms with E-state index in [1.54, 1.807) is 4.68 Å². The quantitative estimate of drug-likeness (QED) is 0.885. The van der Waals surface area contributed by atoms with E-state index in [1.165, 1.54) is 0 Å². The van der Waals surface area contributed by atoms with Crippen molar-refractivity contribution in [2.45, 2.75) is 31.7 Å². The normalized spacial score (nSPS) is 13.6. The van der Waals surface area contributed by atoms with Crippen molar-refractivity contribution in [3.8, 4) is 0 Å². The monoisotopic (exact) mass is 319 g/mol. The topological polar surface area (TPSA) is 64.0 Å². The van der Waals surface area contributed by atoms with E-state index >= 15 is 0 Å². The fraction of sp³-hybridized carbons (Fsp3) is 0.375. The molecular formula is C16H21N3O2S. The molecule has 0 spiro atoms. The molecule has 0 radical (unpaired) electrons. The fourth-order valence-electron chi connectivity index (χ4n) is 2.25. The van der Waals surface area contributed by atoms with E-state index in [1.807, 2.05) is 57.2 Å². The number of nitrogens with one attached hydrogen (secondary N) is 1. The number of carbonyl (C=O) groups is 1. The van der Waals surface area contributed by atoms with Crippen LogP contribution in [0, 0.1) is 13.8 Å². The highest BCUT2D eigenvalue weighted by molar-refractivity contribution is 7.85. The van der Waals surface area contributed by atoms with E-state index in [0.717, 1.165) is 16.3 Å². The van der Waals surface area contributed by atoms with Gasteiger partial charge >= 0.3 is 0 Å². The minimum atomic E-state index is -1.09. The zero-order valence-corrected chi connectivity index (χ0v) is 13.9. The van der Waals surface area contributed by atoms with E-state index in [0.29, 0.717) is 12.3 Å². The second kappa shape index (κ2) is 7.35. The molecule has 0 aliphatic carbocycles. The lowest BCUT2D eigenvalue weighted by Gasteiger charge is -2.14. The summed E-state index contributed by atoms with van der Waals surface area (Å²) in [6.07, 6.45) is 0. The van der Waals surface area contributed by atoms with Crippen LogP contribution in [-0.4, -0.2) is 32.2 Å². The van der Waals surface area contributed by atoms with Crippen LogP contribution in [0.1, 0.15) is 24.4 Å². The molecule has 118 valence electrons. The number of benzene rings is 1. The number of carbonyl (C=O) groups excluding carboxylic acids is 1. The highest BCUT2D eigenvalue weighted by Crippen LogP contribution is 2.10. The lowest BCUT2D eigenvalue weighted by Crippen LogP contribution is -2.34. The molecule has 22 heavy (non-hydrogen) atoms. The van der Waals surface area contributed by atoms with Gasteiger partial charge in [-0.3, -0.25) is 13.7 Å². The summed E-state index contributed by atoms with van der Waals surface area (Å²) in [6.45, 7) is 6.01. The summed E-state index contributed by atoms with van der Waals surface area (Å²) in [7, 11) is -1.09. The molecule has 0 bridgehead atoms. The number of amides is 1. The van der Waals surface area contributed by atoms with Crippen LogP contribution >= 0.6 is 0 Å². The Morgan fingerprint density at radius 2 is 2.00 bits per heavy atom. The largest absolute Gasteiger partial charge is 0.353 e. The predicted molar refractivity (Wildman–Crippen MR) is 87.1 cm³/mol. The SMILES string of the molecule is Cc1cc(C)n([C@H](C)C(=O)NCC[S@@](=O)c2ccccc2)n1. The van der Waals surface area contributed by atoms with Crippen LogP contribution in [0.4, 0.5) is 0 Å². The highest BCUT2D eigenvalue weighted by atomic mass is 32.2. The van der Waals surface area contributed by atoms with Gasteiger partial charge in [0.15, 0.2) is 0 Å². The van der Waals surface area contributed by atoms with Gasteiger partial charge in [-0.1, -0.05) is 18.2 Å². The zero-order valence-electron chi connectivity index (χ0n) is 13.1. The number of hydrogen-bond acceptors (Lipinski definition) is 3. The second-order valence-electron chi connectivity index (χ2n) is 5.20. The van der Waals surface area contributed by atoms with Gasteiger partial charge in [0.25, 0.3) is 0 Å². The molecule has 1 amide bonds. The van der Waals surface area contributed by atoms with E-state index in [-0.39, 0.29) is 11.9 Å². The summed E-state index contributed by atoms with van der Waals surface area (Å²) in [5.41, 5.74) is 1.84. The molecule has 5 nitrogen and oxygen atoms in total. The molecular weight excluding hydrogens is 298 g/mol. The van der Waals surface area contributed by atoms with Gasteiger partial charge in [-0.15, -0.1) is 0 Å². The zero-order chi connectivity index (χ0) is 16.1. The maximum atomic E-state index is 12.2. The van der Waals surface area contributed by atoms with E-state index in [9.17, 15) is 9.00 Å². The Hall–Kier alpha value is -1.95. The number of aromatic nitrogens is 2. The minimum absolute atomic E-state index is 0.115. The third kappa shape index (κ3) is 4.04. The lowest BCUT2D eigenvalue weighted by atomic mass is 10.3. The van der Waals surface area contributed by atoms with E-state index < -0.39 is 10.8 Å². The number of hydrogen-bond donors (Lipinski definition) is 1. The van der Waals surface area contributed by atoms with Crippen molar-refractivity contribution in [2.75, 3.05) is 12.3 Å². The number of nitrogens with zero attached hydrogens (tertiary/aromatic N) is 2. The third-order valence-electron chi connectivity index (χ3n) is 3.38. The first-order valence-corrected chi connectivity index (χ1v) is 8.55. The van der Waals surface area contributed by atoms with Crippen molar-refractivity contribution in [3.63, 3.8) is 0 Å². The van der Waals surface area contributed by atoms with Gasteiger partial charge in [0.05, 0.1) is 16.5 Å². The molecule has 1 heterocycles. The van der Waals surface area contributed by atoms with Gasteiger partial charge in [0.1, 0.15) is 6.04 Å². The summed E-state index contributed by atoms with van der Waals surface area (Å²) in [5.74, 6) is 0.288. The van der Waals surface area contributed by atoms with Crippen molar-refractivity contribution in [1.82, 2.24) is 15.1 Å². The molecule has 0 fully saturated rings. The standard InChI is InChI=1S/C16H21N3O2S/c1-12-11-13(2)19(18-12)14(3)16(20)17-9-10-22(21)15-7-5-4-6-8-15/h4-8,11,14H,9-10H2,1-3H3,(H,17,20)/t14-,22-/m1/s1. The molecule has 2 rings (SSSR count). The Morgan fingerprint density at radius 3 is 2.59 bits per heavy atom. The Morgan fingerprint density at radius 1 is 1.32 bits per heavy atom. The molecule has 1 N–H and O–H groups in total. The average molecular weight is 319 g/mol. The molecule has 1 aromatic heterocycles. The lowest BCUT2D eigenvalue weighted by molar-refractivity contribution is -0.124. The summed E-state index contributed by atoms with van der Waals surface area (Å²) >= 11 is 0. The van der Waals surface area contributed by atoms with Gasteiger partial charge in [0.2, 0.25) is 5.91 Å². The number of rotatable bonds is 6. The maximum Gasteiger partial charge on any atom is 0.244 e. The summed E-state index contributed by atoms with van der Waals surface area (Å²) in [5, 5.41) is 7.14. The molecule has 0 saturated heterocycles. The van der Waals surface area contributed by atoms with Crippen molar-refractivity contribution in [3.05, 3.63) is 47.8 Å². The molecule has 0 unspecified atom stereocenters. The second-order valence-corrected chi connectivity index (χ2v) is 6.77. The van der Waals surface area contributed by atoms with Gasteiger partial charge in [-0.05, 0) is 39.0 Å². The van der Waals surface area contributed by atoms with E-state index in [4.69, 9.17) is 0 Å². The number of aryl methyl sites for hydroxylation is 2. The first-order chi connectivity index (χ1) is 10.5. The molecule has 0 aliphatic heterocycles. The Labute approximate surface area is 133 Å². The Bertz CT molecular complexity index is 667. The molecule has 2 atom stereocenters. The summed E-state index contributed by atoms with van der Waals surface area (Å²) in [6, 6.07) is 10.8. The van der Waals surface area contributed by atoms with Crippen LogP contribution < -0.4 is 5.32 Å². The van der Waals surface area contributed by atoms with Crippen LogP contribution in [-0.2, 0) is 15.6 Å². The summed E-state index contributed by atoms with van der Waals surface area (Å²) in [4.78, 5) is 12.9. The van der Waals surface area contributed by atoms with Crippen LogP contribution in [0.15, 0.2) is 41.3 Å². The molecule has 2 aromatic rings. The molecule has 6 heteroatoms. The smallest absolute Gasteiger partial charge is 0.244 e. The van der Waals surface area contributed by atoms with Crippen molar-refractivity contribution >= 4 is 16.7 Å². The van der Waals surface area contributed by atoms with Crippen LogP contribution in [0.2, 0.25) is 0 Å². The van der Waals surface area contributed by atoms with Gasteiger partial charge in [-0.2, -0.15) is 5.10 Å². The van der Waals surface area contributed by atoms with E-state index in [2.05, 4.69) is 10.4 Å². The predicted octanol–water partition coefficient (Wildman–Crippen LogP) is 1.98. The Kier molecular flexibility index (Phi) is 5.49. The maximum absolute atomic E-state index is 12.2. The fourth-order valence-corrected chi connectivity index (χ4v) is 3.24. The molecule has 1 aromatic carbocycles.